The van der Waals surface area contributed by atoms with Crippen LogP contribution in [0, 0.1) is 18.8 Å². The maximum atomic E-state index is 12.0. The molecule has 0 amide bonds. The van der Waals surface area contributed by atoms with Crippen LogP contribution in [-0.4, -0.2) is 30.3 Å². The third-order valence-corrected chi connectivity index (χ3v) is 4.58. The number of aliphatic hydroxyl groups is 1. The second kappa shape index (κ2) is 5.81. The Morgan fingerprint density at radius 1 is 1.39 bits per heavy atom. The molecular weight excluding hydrogens is 254 g/mol. The Bertz CT molecular complexity index is 494. The molecule has 1 aromatic heterocycles. The lowest BCUT2D eigenvalue weighted by Crippen LogP contribution is -2.31. The van der Waals surface area contributed by atoms with Gasteiger partial charge in [-0.1, -0.05) is 20.8 Å². The van der Waals surface area contributed by atoms with Crippen molar-refractivity contribution >= 4 is 10.0 Å². The molecule has 0 aliphatic rings. The molecule has 6 nitrogen and oxygen atoms in total. The van der Waals surface area contributed by atoms with Gasteiger partial charge in [0.2, 0.25) is 0 Å². The summed E-state index contributed by atoms with van der Waals surface area (Å²) in [5, 5.41) is 15.4. The minimum atomic E-state index is -3.66. The molecule has 0 spiro atoms. The quantitative estimate of drug-likeness (QED) is 0.715. The first kappa shape index (κ1) is 15.1. The van der Waals surface area contributed by atoms with E-state index in [-0.39, 0.29) is 17.6 Å². The van der Waals surface area contributed by atoms with Crippen molar-refractivity contribution in [2.45, 2.75) is 39.3 Å². The number of aromatic nitrogens is 2. The molecule has 1 atom stereocenters. The van der Waals surface area contributed by atoms with Crippen LogP contribution in [0.15, 0.2) is 5.03 Å². The van der Waals surface area contributed by atoms with E-state index < -0.39 is 10.0 Å². The summed E-state index contributed by atoms with van der Waals surface area (Å²) < 4.78 is 26.6. The Hall–Kier alpha value is -0.920. The van der Waals surface area contributed by atoms with Crippen molar-refractivity contribution in [1.29, 1.82) is 0 Å². The first-order chi connectivity index (χ1) is 8.29. The van der Waals surface area contributed by atoms with Crippen molar-refractivity contribution in [1.82, 2.24) is 14.9 Å². The highest BCUT2D eigenvalue weighted by Crippen LogP contribution is 2.16. The van der Waals surface area contributed by atoms with E-state index in [0.29, 0.717) is 23.7 Å². The Morgan fingerprint density at radius 3 is 2.50 bits per heavy atom. The molecule has 0 saturated heterocycles. The number of nitrogens with zero attached hydrogens (tertiary/aromatic N) is 1. The van der Waals surface area contributed by atoms with Gasteiger partial charge in [-0.25, -0.2) is 13.1 Å². The fourth-order valence-electron chi connectivity index (χ4n) is 1.38. The van der Waals surface area contributed by atoms with Crippen LogP contribution in [0.3, 0.4) is 0 Å². The molecule has 7 heteroatoms. The summed E-state index contributed by atoms with van der Waals surface area (Å²) >= 11 is 0. The Morgan fingerprint density at radius 2 is 2.00 bits per heavy atom. The molecule has 0 fully saturated rings. The molecular formula is C11H21N3O3S. The molecule has 0 aromatic carbocycles. The average Bonchev–Trinajstić information content (AvgIpc) is 2.67. The average molecular weight is 275 g/mol. The van der Waals surface area contributed by atoms with Crippen molar-refractivity contribution in [3.8, 4) is 0 Å². The minimum absolute atomic E-state index is 0.113. The highest BCUT2D eigenvalue weighted by Gasteiger charge is 2.24. The van der Waals surface area contributed by atoms with Gasteiger partial charge in [0.15, 0.2) is 5.03 Å². The molecule has 1 rings (SSSR count). The third-order valence-electron chi connectivity index (χ3n) is 3.18. The minimum Gasteiger partial charge on any atom is -0.392 e. The molecule has 0 aliphatic heterocycles. The number of nitrogens with one attached hydrogen (secondary N) is 2. The van der Waals surface area contributed by atoms with Crippen LogP contribution in [0.25, 0.3) is 0 Å². The predicted octanol–water partition coefficient (Wildman–Crippen LogP) is 0.781. The van der Waals surface area contributed by atoms with Crippen molar-refractivity contribution in [2.24, 2.45) is 11.8 Å². The zero-order valence-corrected chi connectivity index (χ0v) is 12.0. The van der Waals surface area contributed by atoms with Gasteiger partial charge in [-0.15, -0.1) is 0 Å². The van der Waals surface area contributed by atoms with Gasteiger partial charge in [-0.05, 0) is 18.8 Å². The van der Waals surface area contributed by atoms with Crippen molar-refractivity contribution in [3.63, 3.8) is 0 Å². The van der Waals surface area contributed by atoms with Gasteiger partial charge in [0, 0.05) is 17.8 Å². The van der Waals surface area contributed by atoms with Gasteiger partial charge >= 0.3 is 0 Å². The Balaban J connectivity index is 2.87. The van der Waals surface area contributed by atoms with Crippen LogP contribution in [0.2, 0.25) is 0 Å². The second-order valence-corrected chi connectivity index (χ2v) is 6.55. The van der Waals surface area contributed by atoms with Gasteiger partial charge in [0.25, 0.3) is 10.0 Å². The maximum Gasteiger partial charge on any atom is 0.260 e. The number of sulfonamides is 1. The lowest BCUT2D eigenvalue weighted by molar-refractivity contribution is 0.277. The second-order valence-electron chi connectivity index (χ2n) is 4.86. The summed E-state index contributed by atoms with van der Waals surface area (Å²) in [5.74, 6) is 0.628. The third kappa shape index (κ3) is 3.30. The van der Waals surface area contributed by atoms with E-state index in [2.05, 4.69) is 14.9 Å². The Labute approximate surface area is 108 Å². The number of rotatable bonds is 6. The van der Waals surface area contributed by atoms with E-state index in [1.165, 1.54) is 0 Å². The lowest BCUT2D eigenvalue weighted by Gasteiger charge is -2.15. The van der Waals surface area contributed by atoms with Crippen LogP contribution in [0.5, 0.6) is 0 Å². The van der Waals surface area contributed by atoms with Crippen LogP contribution < -0.4 is 4.72 Å². The molecule has 1 aromatic rings. The molecule has 104 valence electrons. The summed E-state index contributed by atoms with van der Waals surface area (Å²) in [6.07, 6.45) is 0. The number of hydrogen-bond donors (Lipinski definition) is 3. The van der Waals surface area contributed by atoms with Crippen LogP contribution >= 0.6 is 0 Å². The van der Waals surface area contributed by atoms with E-state index in [4.69, 9.17) is 5.11 Å². The normalized spacial score (nSPS) is 14.1. The summed E-state index contributed by atoms with van der Waals surface area (Å²) in [6.45, 7) is 7.74. The summed E-state index contributed by atoms with van der Waals surface area (Å²) in [5.41, 5.74) is 0.884. The van der Waals surface area contributed by atoms with E-state index in [1.54, 1.807) is 6.92 Å². The molecule has 1 heterocycles. The highest BCUT2D eigenvalue weighted by atomic mass is 32.2. The summed E-state index contributed by atoms with van der Waals surface area (Å²) in [7, 11) is -3.66. The van der Waals surface area contributed by atoms with E-state index in [0.717, 1.165) is 0 Å². The maximum absolute atomic E-state index is 12.0. The molecule has 0 saturated carbocycles. The van der Waals surface area contributed by atoms with Gasteiger partial charge in [0.05, 0.1) is 6.61 Å². The standard InChI is InChI=1S/C11H21N3O3S/c1-7(2)8(3)5-12-18(16,17)11-10(6-15)9(4)13-14-11/h7-8,12,15H,5-6H2,1-4H3,(H,13,14). The molecule has 0 aliphatic carbocycles. The molecule has 0 bridgehead atoms. The van der Waals surface area contributed by atoms with Crippen LogP contribution in [0.4, 0.5) is 0 Å². The Kier molecular flexibility index (Phi) is 4.89. The van der Waals surface area contributed by atoms with Crippen LogP contribution in [0.1, 0.15) is 32.0 Å². The zero-order valence-electron chi connectivity index (χ0n) is 11.2. The van der Waals surface area contributed by atoms with E-state index in [1.807, 2.05) is 20.8 Å². The molecule has 18 heavy (non-hydrogen) atoms. The van der Waals surface area contributed by atoms with Crippen molar-refractivity contribution in [3.05, 3.63) is 11.3 Å². The van der Waals surface area contributed by atoms with E-state index in [9.17, 15) is 8.42 Å². The fraction of sp³-hybridized carbons (Fsp3) is 0.727. The topological polar surface area (TPSA) is 95.1 Å². The SMILES string of the molecule is Cc1[nH]nc(S(=O)(=O)NCC(C)C(C)C)c1CO. The zero-order chi connectivity index (χ0) is 13.9. The predicted molar refractivity (Wildman–Crippen MR) is 68.4 cm³/mol. The fourth-order valence-corrected chi connectivity index (χ4v) is 2.71. The van der Waals surface area contributed by atoms with Gasteiger partial charge in [0.1, 0.15) is 0 Å². The van der Waals surface area contributed by atoms with Gasteiger partial charge in [-0.2, -0.15) is 5.10 Å². The van der Waals surface area contributed by atoms with Gasteiger partial charge < -0.3 is 5.11 Å². The number of hydrogen-bond acceptors (Lipinski definition) is 4. The lowest BCUT2D eigenvalue weighted by atomic mass is 9.99. The summed E-state index contributed by atoms with van der Waals surface area (Å²) in [6, 6.07) is 0. The first-order valence-electron chi connectivity index (χ1n) is 5.94. The van der Waals surface area contributed by atoms with Gasteiger partial charge in [-0.3, -0.25) is 5.10 Å². The van der Waals surface area contributed by atoms with Crippen molar-refractivity contribution in [2.75, 3.05) is 6.54 Å². The smallest absolute Gasteiger partial charge is 0.260 e. The first-order valence-corrected chi connectivity index (χ1v) is 7.42. The van der Waals surface area contributed by atoms with Crippen LogP contribution in [-0.2, 0) is 16.6 Å². The van der Waals surface area contributed by atoms with Crippen molar-refractivity contribution < 1.29 is 13.5 Å². The molecule has 1 unspecified atom stereocenters. The number of aliphatic hydroxyl groups excluding tert-OH is 1. The monoisotopic (exact) mass is 275 g/mol. The molecule has 3 N–H and O–H groups in total. The van der Waals surface area contributed by atoms with E-state index >= 15 is 0 Å². The highest BCUT2D eigenvalue weighted by molar-refractivity contribution is 7.89. The number of H-pyrrole nitrogens is 1. The summed E-state index contributed by atoms with van der Waals surface area (Å²) in [4.78, 5) is 0. The largest absolute Gasteiger partial charge is 0.392 e. The molecule has 0 radical (unpaired) electrons. The number of aryl methyl sites for hydroxylation is 1. The number of aromatic amines is 1.